The van der Waals surface area contributed by atoms with E-state index in [1.54, 1.807) is 14.0 Å². The highest BCUT2D eigenvalue weighted by molar-refractivity contribution is 5.76. The molecule has 0 N–H and O–H groups in total. The Morgan fingerprint density at radius 2 is 2.00 bits per heavy atom. The van der Waals surface area contributed by atoms with Crippen molar-refractivity contribution in [3.63, 3.8) is 0 Å². The molecule has 4 nitrogen and oxygen atoms in total. The Hall–Kier alpha value is -1.08. The van der Waals surface area contributed by atoms with E-state index in [0.29, 0.717) is 12.8 Å². The van der Waals surface area contributed by atoms with E-state index < -0.39 is 0 Å². The zero-order valence-electron chi connectivity index (χ0n) is 9.45. The van der Waals surface area contributed by atoms with Crippen molar-refractivity contribution in [1.82, 2.24) is 9.80 Å². The van der Waals surface area contributed by atoms with Crippen LogP contribution in [0.2, 0.25) is 0 Å². The summed E-state index contributed by atoms with van der Waals surface area (Å²) in [6, 6.07) is 1.85. The van der Waals surface area contributed by atoms with Gasteiger partial charge < -0.3 is 9.80 Å². The lowest BCUT2D eigenvalue weighted by atomic mass is 10.2. The summed E-state index contributed by atoms with van der Waals surface area (Å²) in [6.45, 7) is 2.62. The normalized spacial score (nSPS) is 12.3. The predicted octanol–water partition coefficient (Wildman–Crippen LogP) is 0.699. The van der Waals surface area contributed by atoms with Gasteiger partial charge in [0.25, 0.3) is 0 Å². The second-order valence-electron chi connectivity index (χ2n) is 3.60. The molecule has 0 saturated carbocycles. The van der Waals surface area contributed by atoms with Crippen LogP contribution >= 0.6 is 0 Å². The maximum Gasteiger partial charge on any atom is 0.223 e. The molecule has 0 aromatic rings. The van der Waals surface area contributed by atoms with Crippen LogP contribution in [0, 0.1) is 11.3 Å². The highest BCUT2D eigenvalue weighted by atomic mass is 16.2. The van der Waals surface area contributed by atoms with Crippen molar-refractivity contribution in [1.29, 1.82) is 5.26 Å². The summed E-state index contributed by atoms with van der Waals surface area (Å²) in [5.74, 6) is 0.0234. The van der Waals surface area contributed by atoms with Crippen molar-refractivity contribution in [3.05, 3.63) is 0 Å². The van der Waals surface area contributed by atoms with Gasteiger partial charge in [-0.2, -0.15) is 5.26 Å². The van der Waals surface area contributed by atoms with Crippen LogP contribution in [-0.2, 0) is 4.79 Å². The highest BCUT2D eigenvalue weighted by Crippen LogP contribution is 2.03. The van der Waals surface area contributed by atoms with Crippen molar-refractivity contribution < 1.29 is 4.79 Å². The Labute approximate surface area is 86.1 Å². The van der Waals surface area contributed by atoms with Crippen molar-refractivity contribution in [2.75, 3.05) is 27.7 Å². The Bertz CT molecular complexity index is 220. The summed E-state index contributed by atoms with van der Waals surface area (Å²) >= 11 is 0. The first-order chi connectivity index (χ1) is 6.52. The summed E-state index contributed by atoms with van der Waals surface area (Å²) in [6.07, 6.45) is 1.16. The molecule has 0 fully saturated rings. The minimum Gasteiger partial charge on any atom is -0.330 e. The molecule has 14 heavy (non-hydrogen) atoms. The Balaban J connectivity index is 4.14. The Kier molecular flexibility index (Phi) is 5.89. The number of carbonyl (C=O) groups excluding carboxylic acids is 1. The molecule has 0 aliphatic rings. The molecular formula is C10H19N3O. The first-order valence-electron chi connectivity index (χ1n) is 4.82. The number of amides is 1. The zero-order chi connectivity index (χ0) is 11.1. The zero-order valence-corrected chi connectivity index (χ0v) is 9.45. The molecule has 0 heterocycles. The molecule has 0 aromatic heterocycles. The van der Waals surface area contributed by atoms with Gasteiger partial charge in [0.2, 0.25) is 5.91 Å². The number of hydrogen-bond acceptors (Lipinski definition) is 3. The maximum atomic E-state index is 11.3. The van der Waals surface area contributed by atoms with Crippen molar-refractivity contribution in [2.45, 2.75) is 25.8 Å². The largest absolute Gasteiger partial charge is 0.330 e. The van der Waals surface area contributed by atoms with Crippen LogP contribution in [0.3, 0.4) is 0 Å². The molecule has 0 aliphatic carbocycles. The fraction of sp³-hybridized carbons (Fsp3) is 0.800. The summed E-state index contributed by atoms with van der Waals surface area (Å²) in [5.41, 5.74) is 0. The van der Waals surface area contributed by atoms with Gasteiger partial charge in [-0.15, -0.1) is 0 Å². The molecule has 0 aromatic carbocycles. The molecule has 1 amide bonds. The molecule has 4 heteroatoms. The van der Waals surface area contributed by atoms with Crippen LogP contribution in [-0.4, -0.2) is 49.4 Å². The third kappa shape index (κ3) is 4.24. The standard InChI is InChI=1S/C10H19N3O/c1-5-10(14)13(4)9(8-11)6-7-12(2)3/h9H,5-7H2,1-4H3/t9-/m1/s1. The summed E-state index contributed by atoms with van der Waals surface area (Å²) in [4.78, 5) is 14.9. The van der Waals surface area contributed by atoms with Crippen LogP contribution < -0.4 is 0 Å². The smallest absolute Gasteiger partial charge is 0.223 e. The quantitative estimate of drug-likeness (QED) is 0.651. The minimum atomic E-state index is -0.301. The molecule has 0 radical (unpaired) electrons. The van der Waals surface area contributed by atoms with Gasteiger partial charge in [0.15, 0.2) is 0 Å². The number of nitriles is 1. The maximum absolute atomic E-state index is 11.3. The van der Waals surface area contributed by atoms with Gasteiger partial charge in [-0.05, 0) is 20.5 Å². The lowest BCUT2D eigenvalue weighted by Gasteiger charge is -2.23. The third-order valence-corrected chi connectivity index (χ3v) is 2.16. The van der Waals surface area contributed by atoms with E-state index in [0.717, 1.165) is 6.54 Å². The van der Waals surface area contributed by atoms with Gasteiger partial charge in [-0.25, -0.2) is 0 Å². The number of rotatable bonds is 5. The van der Waals surface area contributed by atoms with E-state index in [1.807, 2.05) is 19.0 Å². The minimum absolute atomic E-state index is 0.0234. The topological polar surface area (TPSA) is 47.3 Å². The lowest BCUT2D eigenvalue weighted by molar-refractivity contribution is -0.130. The second kappa shape index (κ2) is 6.39. The van der Waals surface area contributed by atoms with Crippen LogP contribution in [0.25, 0.3) is 0 Å². The fourth-order valence-electron chi connectivity index (χ4n) is 1.15. The number of carbonyl (C=O) groups is 1. The molecule has 0 unspecified atom stereocenters. The molecule has 0 rings (SSSR count). The molecule has 0 bridgehead atoms. The Morgan fingerprint density at radius 3 is 2.36 bits per heavy atom. The van der Waals surface area contributed by atoms with E-state index >= 15 is 0 Å². The average molecular weight is 197 g/mol. The van der Waals surface area contributed by atoms with Gasteiger partial charge in [-0.1, -0.05) is 6.92 Å². The van der Waals surface area contributed by atoms with Gasteiger partial charge >= 0.3 is 0 Å². The second-order valence-corrected chi connectivity index (χ2v) is 3.60. The van der Waals surface area contributed by atoms with E-state index in [2.05, 4.69) is 6.07 Å². The number of nitrogens with zero attached hydrogens (tertiary/aromatic N) is 3. The Morgan fingerprint density at radius 1 is 1.43 bits per heavy atom. The highest BCUT2D eigenvalue weighted by Gasteiger charge is 2.17. The van der Waals surface area contributed by atoms with Gasteiger partial charge in [-0.3, -0.25) is 4.79 Å². The molecule has 80 valence electrons. The summed E-state index contributed by atoms with van der Waals surface area (Å²) in [7, 11) is 5.60. The van der Waals surface area contributed by atoms with Crippen LogP contribution in [0.4, 0.5) is 0 Å². The SMILES string of the molecule is CCC(=O)N(C)[C@@H](C#N)CCN(C)C. The first-order valence-corrected chi connectivity index (χ1v) is 4.82. The lowest BCUT2D eigenvalue weighted by Crippen LogP contribution is -2.37. The third-order valence-electron chi connectivity index (χ3n) is 2.16. The van der Waals surface area contributed by atoms with Gasteiger partial charge in [0.1, 0.15) is 6.04 Å². The van der Waals surface area contributed by atoms with Crippen molar-refractivity contribution in [3.8, 4) is 6.07 Å². The van der Waals surface area contributed by atoms with Gasteiger partial charge in [0.05, 0.1) is 6.07 Å². The molecule has 0 spiro atoms. The van der Waals surface area contributed by atoms with E-state index in [4.69, 9.17) is 5.26 Å². The molecule has 0 aliphatic heterocycles. The molecule has 1 atom stereocenters. The molecular weight excluding hydrogens is 178 g/mol. The number of hydrogen-bond donors (Lipinski definition) is 0. The average Bonchev–Trinajstić information content (AvgIpc) is 2.16. The first kappa shape index (κ1) is 12.9. The van der Waals surface area contributed by atoms with E-state index in [9.17, 15) is 4.79 Å². The van der Waals surface area contributed by atoms with E-state index in [1.165, 1.54) is 4.90 Å². The van der Waals surface area contributed by atoms with Crippen molar-refractivity contribution >= 4 is 5.91 Å². The van der Waals surface area contributed by atoms with E-state index in [-0.39, 0.29) is 11.9 Å². The van der Waals surface area contributed by atoms with Gasteiger partial charge in [0, 0.05) is 20.0 Å². The van der Waals surface area contributed by atoms with Crippen LogP contribution in [0.5, 0.6) is 0 Å². The summed E-state index contributed by atoms with van der Waals surface area (Å²) in [5, 5.41) is 8.89. The fourth-order valence-corrected chi connectivity index (χ4v) is 1.15. The summed E-state index contributed by atoms with van der Waals surface area (Å²) < 4.78 is 0. The molecule has 0 saturated heterocycles. The predicted molar refractivity (Wildman–Crippen MR) is 55.6 cm³/mol. The monoisotopic (exact) mass is 197 g/mol. The van der Waals surface area contributed by atoms with Crippen molar-refractivity contribution in [2.24, 2.45) is 0 Å². The van der Waals surface area contributed by atoms with Crippen LogP contribution in [0.15, 0.2) is 0 Å². The van der Waals surface area contributed by atoms with Crippen LogP contribution in [0.1, 0.15) is 19.8 Å².